The SMILES string of the molecule is Clc1ccc2c(c1)CN(c1nc3ccccc3[nH]1)CO2. The molecule has 5 heteroatoms. The smallest absolute Gasteiger partial charge is 0.206 e. The molecule has 0 amide bonds. The number of aromatic nitrogens is 2. The molecule has 1 aliphatic rings. The number of nitrogens with zero attached hydrogens (tertiary/aromatic N) is 2. The van der Waals surface area contributed by atoms with Gasteiger partial charge in [-0.15, -0.1) is 0 Å². The highest BCUT2D eigenvalue weighted by molar-refractivity contribution is 6.30. The fourth-order valence-electron chi connectivity index (χ4n) is 2.44. The molecule has 0 radical (unpaired) electrons. The van der Waals surface area contributed by atoms with E-state index in [0.29, 0.717) is 6.73 Å². The van der Waals surface area contributed by atoms with Crippen molar-refractivity contribution in [2.45, 2.75) is 6.54 Å². The van der Waals surface area contributed by atoms with E-state index < -0.39 is 0 Å². The average molecular weight is 286 g/mol. The van der Waals surface area contributed by atoms with Gasteiger partial charge in [-0.05, 0) is 30.3 Å². The fourth-order valence-corrected chi connectivity index (χ4v) is 2.63. The zero-order valence-corrected chi connectivity index (χ0v) is 11.4. The quantitative estimate of drug-likeness (QED) is 0.743. The Hall–Kier alpha value is -2.20. The first kappa shape index (κ1) is 11.6. The topological polar surface area (TPSA) is 41.2 Å². The number of fused-ring (bicyclic) bond motifs is 2. The van der Waals surface area contributed by atoms with Crippen molar-refractivity contribution in [2.24, 2.45) is 0 Å². The molecule has 0 fully saturated rings. The van der Waals surface area contributed by atoms with Crippen LogP contribution >= 0.6 is 11.6 Å². The van der Waals surface area contributed by atoms with Crippen LogP contribution in [0.1, 0.15) is 5.56 Å². The van der Waals surface area contributed by atoms with Crippen molar-refractivity contribution in [3.8, 4) is 5.75 Å². The highest BCUT2D eigenvalue weighted by Crippen LogP contribution is 2.30. The third-order valence-electron chi connectivity index (χ3n) is 3.44. The van der Waals surface area contributed by atoms with Crippen molar-refractivity contribution in [3.05, 3.63) is 53.1 Å². The molecule has 1 aliphatic heterocycles. The number of hydrogen-bond acceptors (Lipinski definition) is 3. The van der Waals surface area contributed by atoms with Crippen LogP contribution in [0.5, 0.6) is 5.75 Å². The molecule has 0 spiro atoms. The van der Waals surface area contributed by atoms with Gasteiger partial charge >= 0.3 is 0 Å². The minimum atomic E-state index is 0.481. The molecule has 0 bridgehead atoms. The van der Waals surface area contributed by atoms with E-state index >= 15 is 0 Å². The second-order valence-corrected chi connectivity index (χ2v) is 5.24. The summed E-state index contributed by atoms with van der Waals surface area (Å²) >= 11 is 6.04. The third kappa shape index (κ3) is 1.89. The molecular weight excluding hydrogens is 274 g/mol. The molecule has 2 aromatic carbocycles. The van der Waals surface area contributed by atoms with Crippen LogP contribution in [0.3, 0.4) is 0 Å². The summed E-state index contributed by atoms with van der Waals surface area (Å²) in [5.74, 6) is 1.71. The maximum Gasteiger partial charge on any atom is 0.206 e. The Morgan fingerprint density at radius 1 is 1.20 bits per heavy atom. The van der Waals surface area contributed by atoms with Gasteiger partial charge in [0.05, 0.1) is 17.6 Å². The van der Waals surface area contributed by atoms with Crippen LogP contribution in [-0.4, -0.2) is 16.7 Å². The number of H-pyrrole nitrogens is 1. The summed E-state index contributed by atoms with van der Waals surface area (Å²) in [6.45, 7) is 1.21. The summed E-state index contributed by atoms with van der Waals surface area (Å²) in [4.78, 5) is 9.96. The lowest BCUT2D eigenvalue weighted by Gasteiger charge is -2.28. The largest absolute Gasteiger partial charge is 0.473 e. The molecule has 20 heavy (non-hydrogen) atoms. The molecule has 1 aromatic heterocycles. The number of benzene rings is 2. The van der Waals surface area contributed by atoms with Crippen LogP contribution in [0.25, 0.3) is 11.0 Å². The van der Waals surface area contributed by atoms with Crippen LogP contribution in [0, 0.1) is 0 Å². The number of anilines is 1. The highest BCUT2D eigenvalue weighted by atomic mass is 35.5. The lowest BCUT2D eigenvalue weighted by molar-refractivity contribution is 0.287. The van der Waals surface area contributed by atoms with Gasteiger partial charge in [-0.1, -0.05) is 23.7 Å². The van der Waals surface area contributed by atoms with E-state index in [2.05, 4.69) is 14.9 Å². The normalized spacial score (nSPS) is 14.2. The lowest BCUT2D eigenvalue weighted by atomic mass is 10.2. The van der Waals surface area contributed by atoms with Gasteiger partial charge in [0, 0.05) is 10.6 Å². The predicted molar refractivity (Wildman–Crippen MR) is 79.2 cm³/mol. The number of para-hydroxylation sites is 2. The van der Waals surface area contributed by atoms with Crippen LogP contribution in [-0.2, 0) is 6.54 Å². The van der Waals surface area contributed by atoms with Gasteiger partial charge in [0.2, 0.25) is 5.95 Å². The number of hydrogen-bond donors (Lipinski definition) is 1. The van der Waals surface area contributed by atoms with E-state index in [0.717, 1.165) is 39.9 Å². The van der Waals surface area contributed by atoms with E-state index in [1.807, 2.05) is 42.5 Å². The Morgan fingerprint density at radius 3 is 3.00 bits per heavy atom. The minimum Gasteiger partial charge on any atom is -0.473 e. The zero-order chi connectivity index (χ0) is 13.5. The van der Waals surface area contributed by atoms with Crippen molar-refractivity contribution >= 4 is 28.6 Å². The van der Waals surface area contributed by atoms with Gasteiger partial charge < -0.3 is 14.6 Å². The summed E-state index contributed by atoms with van der Waals surface area (Å²) in [5.41, 5.74) is 3.06. The second-order valence-electron chi connectivity index (χ2n) is 4.80. The molecule has 0 aliphatic carbocycles. The van der Waals surface area contributed by atoms with Crippen molar-refractivity contribution < 1.29 is 4.74 Å². The first-order valence-corrected chi connectivity index (χ1v) is 6.78. The maximum absolute atomic E-state index is 6.04. The first-order valence-electron chi connectivity index (χ1n) is 6.40. The van der Waals surface area contributed by atoms with Crippen molar-refractivity contribution in [2.75, 3.05) is 11.6 Å². The van der Waals surface area contributed by atoms with Gasteiger partial charge in [-0.2, -0.15) is 0 Å². The molecule has 4 rings (SSSR count). The molecule has 0 saturated heterocycles. The van der Waals surface area contributed by atoms with Crippen LogP contribution in [0.4, 0.5) is 5.95 Å². The number of aromatic amines is 1. The third-order valence-corrected chi connectivity index (χ3v) is 3.67. The Bertz CT molecular complexity index is 751. The van der Waals surface area contributed by atoms with Gasteiger partial charge in [0.1, 0.15) is 5.75 Å². The number of nitrogens with one attached hydrogen (secondary N) is 1. The summed E-state index contributed by atoms with van der Waals surface area (Å²) in [6, 6.07) is 13.7. The van der Waals surface area contributed by atoms with Crippen LogP contribution in [0.2, 0.25) is 5.02 Å². The lowest BCUT2D eigenvalue weighted by Crippen LogP contribution is -2.32. The molecule has 4 nitrogen and oxygen atoms in total. The zero-order valence-electron chi connectivity index (χ0n) is 10.6. The number of imidazole rings is 1. The number of rotatable bonds is 1. The van der Waals surface area contributed by atoms with Crippen LogP contribution < -0.4 is 9.64 Å². The molecule has 0 unspecified atom stereocenters. The molecule has 0 saturated carbocycles. The number of halogens is 1. The van der Waals surface area contributed by atoms with Gasteiger partial charge in [-0.25, -0.2) is 4.98 Å². The summed E-state index contributed by atoms with van der Waals surface area (Å²) in [6.07, 6.45) is 0. The van der Waals surface area contributed by atoms with Gasteiger partial charge in [0.15, 0.2) is 6.73 Å². The van der Waals surface area contributed by atoms with Crippen molar-refractivity contribution in [1.82, 2.24) is 9.97 Å². The van der Waals surface area contributed by atoms with E-state index in [4.69, 9.17) is 16.3 Å². The summed E-state index contributed by atoms with van der Waals surface area (Å²) < 4.78 is 5.75. The Morgan fingerprint density at radius 2 is 2.10 bits per heavy atom. The highest BCUT2D eigenvalue weighted by Gasteiger charge is 2.20. The van der Waals surface area contributed by atoms with E-state index in [1.54, 1.807) is 0 Å². The van der Waals surface area contributed by atoms with E-state index in [9.17, 15) is 0 Å². The Balaban J connectivity index is 1.70. The van der Waals surface area contributed by atoms with Gasteiger partial charge in [0.25, 0.3) is 0 Å². The second kappa shape index (κ2) is 4.42. The minimum absolute atomic E-state index is 0.481. The molecule has 1 N–H and O–H groups in total. The maximum atomic E-state index is 6.04. The molecule has 3 aromatic rings. The van der Waals surface area contributed by atoms with Crippen molar-refractivity contribution in [3.63, 3.8) is 0 Å². The van der Waals surface area contributed by atoms with Crippen molar-refractivity contribution in [1.29, 1.82) is 0 Å². The predicted octanol–water partition coefficient (Wildman–Crippen LogP) is 3.57. The molecule has 0 atom stereocenters. The monoisotopic (exact) mass is 285 g/mol. The summed E-state index contributed by atoms with van der Waals surface area (Å²) in [5, 5.41) is 0.721. The summed E-state index contributed by atoms with van der Waals surface area (Å²) in [7, 11) is 0. The Kier molecular flexibility index (Phi) is 2.57. The van der Waals surface area contributed by atoms with E-state index in [-0.39, 0.29) is 0 Å². The molecule has 100 valence electrons. The number of ether oxygens (including phenoxy) is 1. The average Bonchev–Trinajstić information content (AvgIpc) is 2.90. The van der Waals surface area contributed by atoms with Gasteiger partial charge in [-0.3, -0.25) is 0 Å². The standard InChI is InChI=1S/C15H12ClN3O/c16-11-5-6-14-10(7-11)8-19(9-20-14)15-17-12-3-1-2-4-13(12)18-15/h1-7H,8-9H2,(H,17,18). The molecule has 2 heterocycles. The fraction of sp³-hybridized carbons (Fsp3) is 0.133. The first-order chi connectivity index (χ1) is 9.79. The van der Waals surface area contributed by atoms with Crippen LogP contribution in [0.15, 0.2) is 42.5 Å². The molecular formula is C15H12ClN3O. The Labute approximate surface area is 120 Å². The van der Waals surface area contributed by atoms with E-state index in [1.165, 1.54) is 0 Å².